The SMILES string of the molecule is CC(C)(C)N1C(=O)CC(c2ccccc2N)CC1=O. The number of nitrogens with two attached hydrogens (primary N) is 1. The van der Waals surface area contributed by atoms with Crippen LogP contribution < -0.4 is 5.73 Å². The van der Waals surface area contributed by atoms with E-state index in [0.717, 1.165) is 5.56 Å². The summed E-state index contributed by atoms with van der Waals surface area (Å²) in [5.41, 5.74) is 7.02. The molecular weight excluding hydrogens is 240 g/mol. The zero-order valence-corrected chi connectivity index (χ0v) is 11.6. The number of para-hydroxylation sites is 1. The number of likely N-dealkylation sites (tertiary alicyclic amines) is 1. The van der Waals surface area contributed by atoms with Crippen molar-refractivity contribution in [2.45, 2.75) is 45.1 Å². The van der Waals surface area contributed by atoms with Crippen LogP contribution in [0.25, 0.3) is 0 Å². The lowest BCUT2D eigenvalue weighted by atomic mass is 9.86. The van der Waals surface area contributed by atoms with Gasteiger partial charge in [0, 0.05) is 30.0 Å². The molecule has 1 aromatic carbocycles. The van der Waals surface area contributed by atoms with E-state index in [4.69, 9.17) is 5.73 Å². The molecule has 0 atom stereocenters. The highest BCUT2D eigenvalue weighted by Gasteiger charge is 2.39. The van der Waals surface area contributed by atoms with Gasteiger partial charge < -0.3 is 5.73 Å². The maximum Gasteiger partial charge on any atom is 0.230 e. The van der Waals surface area contributed by atoms with E-state index in [1.807, 2.05) is 39.0 Å². The van der Waals surface area contributed by atoms with Crippen molar-refractivity contribution in [2.75, 3.05) is 5.73 Å². The molecule has 102 valence electrons. The molecule has 0 spiro atoms. The van der Waals surface area contributed by atoms with Crippen molar-refractivity contribution in [3.63, 3.8) is 0 Å². The highest BCUT2D eigenvalue weighted by atomic mass is 16.2. The van der Waals surface area contributed by atoms with Crippen molar-refractivity contribution in [1.82, 2.24) is 4.90 Å². The Balaban J connectivity index is 2.26. The van der Waals surface area contributed by atoms with E-state index in [9.17, 15) is 9.59 Å². The van der Waals surface area contributed by atoms with Gasteiger partial charge in [0.2, 0.25) is 11.8 Å². The number of carbonyl (C=O) groups excluding carboxylic acids is 2. The first-order chi connectivity index (χ1) is 8.80. The molecule has 2 N–H and O–H groups in total. The third-order valence-electron chi connectivity index (χ3n) is 3.45. The van der Waals surface area contributed by atoms with Crippen LogP contribution in [0.5, 0.6) is 0 Å². The fourth-order valence-corrected chi connectivity index (χ4v) is 2.67. The monoisotopic (exact) mass is 260 g/mol. The lowest BCUT2D eigenvalue weighted by molar-refractivity contribution is -0.154. The van der Waals surface area contributed by atoms with Crippen LogP contribution in [0.2, 0.25) is 0 Å². The summed E-state index contributed by atoms with van der Waals surface area (Å²) >= 11 is 0. The molecule has 1 saturated heterocycles. The molecule has 0 aromatic heterocycles. The Labute approximate surface area is 113 Å². The van der Waals surface area contributed by atoms with Crippen LogP contribution in [0.3, 0.4) is 0 Å². The maximum absolute atomic E-state index is 12.2. The highest BCUT2D eigenvalue weighted by molar-refractivity contribution is 5.99. The standard InChI is InChI=1S/C15H20N2O2/c1-15(2,3)17-13(18)8-10(9-14(17)19)11-6-4-5-7-12(11)16/h4-7,10H,8-9,16H2,1-3H3. The van der Waals surface area contributed by atoms with Gasteiger partial charge >= 0.3 is 0 Å². The molecule has 1 fully saturated rings. The Morgan fingerprint density at radius 2 is 1.63 bits per heavy atom. The predicted molar refractivity (Wildman–Crippen MR) is 74.4 cm³/mol. The van der Waals surface area contributed by atoms with Crippen LogP contribution in [0.1, 0.15) is 45.1 Å². The summed E-state index contributed by atoms with van der Waals surface area (Å²) in [6.07, 6.45) is 0.689. The van der Waals surface area contributed by atoms with E-state index in [1.165, 1.54) is 4.90 Å². The molecule has 2 amide bonds. The Hall–Kier alpha value is -1.84. The minimum absolute atomic E-state index is 0.0974. The van der Waals surface area contributed by atoms with E-state index in [-0.39, 0.29) is 17.7 Å². The molecule has 19 heavy (non-hydrogen) atoms. The Bertz CT molecular complexity index is 499. The molecule has 2 rings (SSSR count). The number of rotatable bonds is 1. The van der Waals surface area contributed by atoms with Gasteiger partial charge in [-0.05, 0) is 32.4 Å². The molecular formula is C15H20N2O2. The summed E-state index contributed by atoms with van der Waals surface area (Å²) in [6, 6.07) is 7.44. The minimum Gasteiger partial charge on any atom is -0.398 e. The van der Waals surface area contributed by atoms with Gasteiger partial charge in [-0.15, -0.1) is 0 Å². The van der Waals surface area contributed by atoms with Crippen molar-refractivity contribution in [3.05, 3.63) is 29.8 Å². The molecule has 4 nitrogen and oxygen atoms in total. The number of anilines is 1. The van der Waals surface area contributed by atoms with Crippen LogP contribution in [0.15, 0.2) is 24.3 Å². The predicted octanol–water partition coefficient (Wildman–Crippen LogP) is 2.30. The molecule has 1 aliphatic heterocycles. The van der Waals surface area contributed by atoms with Crippen LogP contribution in [-0.2, 0) is 9.59 Å². The number of hydrogen-bond donors (Lipinski definition) is 1. The van der Waals surface area contributed by atoms with Crippen LogP contribution in [0, 0.1) is 0 Å². The Morgan fingerprint density at radius 1 is 1.11 bits per heavy atom. The van der Waals surface area contributed by atoms with E-state index in [0.29, 0.717) is 18.5 Å². The summed E-state index contributed by atoms with van der Waals surface area (Å²) in [5, 5.41) is 0. The lowest BCUT2D eigenvalue weighted by Crippen LogP contribution is -2.52. The van der Waals surface area contributed by atoms with Gasteiger partial charge in [0.1, 0.15) is 0 Å². The number of carbonyl (C=O) groups is 2. The van der Waals surface area contributed by atoms with Gasteiger partial charge in [-0.2, -0.15) is 0 Å². The third-order valence-corrected chi connectivity index (χ3v) is 3.45. The molecule has 0 bridgehead atoms. The van der Waals surface area contributed by atoms with Crippen molar-refractivity contribution in [2.24, 2.45) is 0 Å². The van der Waals surface area contributed by atoms with Gasteiger partial charge in [-0.25, -0.2) is 0 Å². The number of nitrogen functional groups attached to an aromatic ring is 1. The van der Waals surface area contributed by atoms with Gasteiger partial charge in [-0.1, -0.05) is 18.2 Å². The van der Waals surface area contributed by atoms with E-state index < -0.39 is 5.54 Å². The topological polar surface area (TPSA) is 63.4 Å². The lowest BCUT2D eigenvalue weighted by Gasteiger charge is -2.39. The second-order valence-corrected chi connectivity index (χ2v) is 6.03. The van der Waals surface area contributed by atoms with Gasteiger partial charge in [0.25, 0.3) is 0 Å². The highest BCUT2D eigenvalue weighted by Crippen LogP contribution is 2.35. The quantitative estimate of drug-likeness (QED) is 0.622. The number of hydrogen-bond acceptors (Lipinski definition) is 3. The van der Waals surface area contributed by atoms with Crippen molar-refractivity contribution in [3.8, 4) is 0 Å². The first-order valence-corrected chi connectivity index (χ1v) is 6.51. The third kappa shape index (κ3) is 2.62. The van der Waals surface area contributed by atoms with E-state index in [2.05, 4.69) is 0 Å². The number of imide groups is 1. The summed E-state index contributed by atoms with van der Waals surface area (Å²) in [6.45, 7) is 5.63. The molecule has 1 aliphatic rings. The van der Waals surface area contributed by atoms with Crippen molar-refractivity contribution in [1.29, 1.82) is 0 Å². The Kier molecular flexibility index (Phi) is 3.35. The van der Waals surface area contributed by atoms with E-state index in [1.54, 1.807) is 6.07 Å². The summed E-state index contributed by atoms with van der Waals surface area (Å²) in [5.74, 6) is -0.325. The second-order valence-electron chi connectivity index (χ2n) is 6.03. The zero-order valence-electron chi connectivity index (χ0n) is 11.6. The van der Waals surface area contributed by atoms with Crippen molar-refractivity contribution < 1.29 is 9.59 Å². The minimum atomic E-state index is -0.457. The maximum atomic E-state index is 12.2. The summed E-state index contributed by atoms with van der Waals surface area (Å²) in [7, 11) is 0. The molecule has 0 radical (unpaired) electrons. The molecule has 0 aliphatic carbocycles. The average Bonchev–Trinajstić information content (AvgIpc) is 2.26. The van der Waals surface area contributed by atoms with Gasteiger partial charge in [0.05, 0.1) is 0 Å². The zero-order chi connectivity index (χ0) is 14.2. The van der Waals surface area contributed by atoms with Crippen molar-refractivity contribution >= 4 is 17.5 Å². The van der Waals surface area contributed by atoms with Crippen LogP contribution in [-0.4, -0.2) is 22.3 Å². The fourth-order valence-electron chi connectivity index (χ4n) is 2.67. The van der Waals surface area contributed by atoms with Gasteiger partial charge in [-0.3, -0.25) is 14.5 Å². The molecule has 4 heteroatoms. The molecule has 1 aromatic rings. The number of benzene rings is 1. The number of piperidine rings is 1. The van der Waals surface area contributed by atoms with Crippen LogP contribution >= 0.6 is 0 Å². The molecule has 1 heterocycles. The second kappa shape index (κ2) is 4.68. The molecule has 0 saturated carbocycles. The van der Waals surface area contributed by atoms with E-state index >= 15 is 0 Å². The van der Waals surface area contributed by atoms with Crippen LogP contribution in [0.4, 0.5) is 5.69 Å². The fraction of sp³-hybridized carbons (Fsp3) is 0.467. The summed E-state index contributed by atoms with van der Waals surface area (Å²) < 4.78 is 0. The largest absolute Gasteiger partial charge is 0.398 e. The first kappa shape index (κ1) is 13.6. The summed E-state index contributed by atoms with van der Waals surface area (Å²) in [4.78, 5) is 25.8. The van der Waals surface area contributed by atoms with Gasteiger partial charge in [0.15, 0.2) is 0 Å². The number of amides is 2. The smallest absolute Gasteiger partial charge is 0.230 e. The number of nitrogens with zero attached hydrogens (tertiary/aromatic N) is 1. The molecule has 0 unspecified atom stereocenters. The average molecular weight is 260 g/mol. The Morgan fingerprint density at radius 3 is 2.11 bits per heavy atom. The normalized spacial score (nSPS) is 17.9. The first-order valence-electron chi connectivity index (χ1n) is 6.51.